The van der Waals surface area contributed by atoms with Crippen molar-refractivity contribution in [3.8, 4) is 0 Å². The van der Waals surface area contributed by atoms with Gasteiger partial charge in [-0.05, 0) is 55.8 Å². The summed E-state index contributed by atoms with van der Waals surface area (Å²) in [6.45, 7) is 3.72. The molecule has 0 saturated heterocycles. The summed E-state index contributed by atoms with van der Waals surface area (Å²) < 4.78 is 13.6. The number of pyridine rings is 1. The summed E-state index contributed by atoms with van der Waals surface area (Å²) in [5.41, 5.74) is 3.64. The molecule has 2 aromatic rings. The molecule has 0 bridgehead atoms. The molecule has 1 heterocycles. The smallest absolute Gasteiger partial charge is 0.126 e. The normalized spacial score (nSPS) is 12.4. The number of hydrogen-bond acceptors (Lipinski definition) is 2. The molecule has 1 atom stereocenters. The Morgan fingerprint density at radius 1 is 1.11 bits per heavy atom. The van der Waals surface area contributed by atoms with Crippen molar-refractivity contribution in [2.24, 2.45) is 0 Å². The van der Waals surface area contributed by atoms with Crippen LogP contribution in [0, 0.1) is 19.7 Å². The minimum Gasteiger partial charge on any atom is -0.309 e. The summed E-state index contributed by atoms with van der Waals surface area (Å²) in [4.78, 5) is 4.18. The first kappa shape index (κ1) is 12.7. The summed E-state index contributed by atoms with van der Waals surface area (Å²) >= 11 is 0. The molecule has 0 amide bonds. The second kappa shape index (κ2) is 5.27. The van der Waals surface area contributed by atoms with Gasteiger partial charge in [-0.1, -0.05) is 12.1 Å². The Kier molecular flexibility index (Phi) is 3.72. The third-order valence-corrected chi connectivity index (χ3v) is 3.07. The largest absolute Gasteiger partial charge is 0.309 e. The van der Waals surface area contributed by atoms with E-state index in [4.69, 9.17) is 0 Å². The maximum Gasteiger partial charge on any atom is 0.126 e. The van der Waals surface area contributed by atoms with E-state index in [-0.39, 0.29) is 11.9 Å². The zero-order valence-corrected chi connectivity index (χ0v) is 10.9. The summed E-state index contributed by atoms with van der Waals surface area (Å²) in [5.74, 6) is -0.168. The fourth-order valence-corrected chi connectivity index (χ4v) is 2.06. The van der Waals surface area contributed by atoms with Gasteiger partial charge in [0.1, 0.15) is 5.82 Å². The molecule has 94 valence electrons. The molecule has 1 unspecified atom stereocenters. The van der Waals surface area contributed by atoms with E-state index in [0.717, 1.165) is 16.8 Å². The quantitative estimate of drug-likeness (QED) is 0.897. The molecule has 1 aromatic carbocycles. The van der Waals surface area contributed by atoms with Gasteiger partial charge in [-0.3, -0.25) is 4.98 Å². The fourth-order valence-electron chi connectivity index (χ4n) is 2.06. The first-order valence-corrected chi connectivity index (χ1v) is 5.97. The van der Waals surface area contributed by atoms with Gasteiger partial charge >= 0.3 is 0 Å². The molecule has 1 N–H and O–H groups in total. The van der Waals surface area contributed by atoms with Crippen molar-refractivity contribution >= 4 is 0 Å². The van der Waals surface area contributed by atoms with E-state index in [0.29, 0.717) is 5.56 Å². The molecule has 2 rings (SSSR count). The van der Waals surface area contributed by atoms with E-state index in [1.807, 2.05) is 38.2 Å². The van der Waals surface area contributed by atoms with Gasteiger partial charge in [0.15, 0.2) is 0 Å². The van der Waals surface area contributed by atoms with E-state index in [2.05, 4.69) is 10.3 Å². The molecule has 18 heavy (non-hydrogen) atoms. The van der Waals surface area contributed by atoms with Crippen molar-refractivity contribution in [2.45, 2.75) is 19.9 Å². The van der Waals surface area contributed by atoms with Gasteiger partial charge in [-0.2, -0.15) is 0 Å². The molecule has 0 spiro atoms. The van der Waals surface area contributed by atoms with E-state index >= 15 is 0 Å². The lowest BCUT2D eigenvalue weighted by atomic mass is 9.98. The van der Waals surface area contributed by atoms with Crippen LogP contribution < -0.4 is 5.32 Å². The van der Waals surface area contributed by atoms with Crippen molar-refractivity contribution in [2.75, 3.05) is 7.05 Å². The highest BCUT2D eigenvalue weighted by Gasteiger charge is 2.13. The number of hydrogen-bond donors (Lipinski definition) is 1. The zero-order valence-electron chi connectivity index (χ0n) is 10.9. The van der Waals surface area contributed by atoms with Gasteiger partial charge in [0.25, 0.3) is 0 Å². The number of aryl methyl sites for hydroxylation is 2. The molecule has 0 aliphatic carbocycles. The van der Waals surface area contributed by atoms with E-state index < -0.39 is 0 Å². The third-order valence-electron chi connectivity index (χ3n) is 3.07. The van der Waals surface area contributed by atoms with Gasteiger partial charge in [0.2, 0.25) is 0 Å². The highest BCUT2D eigenvalue weighted by atomic mass is 19.1. The van der Waals surface area contributed by atoms with Gasteiger partial charge in [-0.15, -0.1) is 0 Å². The molecule has 0 fully saturated rings. The van der Waals surface area contributed by atoms with Gasteiger partial charge in [-0.25, -0.2) is 4.39 Å². The molecule has 1 aromatic heterocycles. The summed E-state index contributed by atoms with van der Waals surface area (Å²) in [6, 6.07) is 9.30. The predicted molar refractivity (Wildman–Crippen MR) is 71.0 cm³/mol. The van der Waals surface area contributed by atoms with Crippen molar-refractivity contribution < 1.29 is 4.39 Å². The van der Waals surface area contributed by atoms with Crippen LogP contribution in [0.3, 0.4) is 0 Å². The Morgan fingerprint density at radius 2 is 1.83 bits per heavy atom. The average Bonchev–Trinajstić information content (AvgIpc) is 2.35. The first-order valence-electron chi connectivity index (χ1n) is 5.97. The minimum absolute atomic E-state index is 0.0122. The Bertz CT molecular complexity index is 552. The lowest BCUT2D eigenvalue weighted by molar-refractivity contribution is 0.608. The molecular formula is C15H17FN2. The van der Waals surface area contributed by atoms with Crippen LogP contribution in [-0.4, -0.2) is 12.0 Å². The van der Waals surface area contributed by atoms with Crippen LogP contribution in [0.15, 0.2) is 36.5 Å². The van der Waals surface area contributed by atoms with Crippen LogP contribution in [0.1, 0.15) is 28.4 Å². The molecule has 0 aliphatic rings. The number of rotatable bonds is 3. The van der Waals surface area contributed by atoms with Crippen LogP contribution in [0.25, 0.3) is 0 Å². The number of nitrogens with zero attached hydrogens (tertiary/aromatic N) is 1. The number of nitrogens with one attached hydrogen (secondary N) is 1. The van der Waals surface area contributed by atoms with E-state index in [1.165, 1.54) is 0 Å². The highest BCUT2D eigenvalue weighted by Crippen LogP contribution is 2.23. The maximum absolute atomic E-state index is 13.6. The van der Waals surface area contributed by atoms with Gasteiger partial charge in [0.05, 0.1) is 6.04 Å². The Morgan fingerprint density at radius 3 is 2.44 bits per heavy atom. The molecule has 3 heteroatoms. The second-order valence-electron chi connectivity index (χ2n) is 4.46. The van der Waals surface area contributed by atoms with Crippen LogP contribution in [0.2, 0.25) is 0 Å². The van der Waals surface area contributed by atoms with Crippen LogP contribution in [0.5, 0.6) is 0 Å². The fraction of sp³-hybridized carbons (Fsp3) is 0.267. The van der Waals surface area contributed by atoms with Crippen molar-refractivity contribution in [1.82, 2.24) is 10.3 Å². The molecule has 2 nitrogen and oxygen atoms in total. The van der Waals surface area contributed by atoms with Crippen molar-refractivity contribution in [3.05, 3.63) is 64.7 Å². The topological polar surface area (TPSA) is 24.9 Å². The Hall–Kier alpha value is -1.74. The SMILES string of the molecule is CNC(c1ccnc(C)c1)c1ccc(C)c(F)c1. The van der Waals surface area contributed by atoms with Gasteiger partial charge in [0, 0.05) is 11.9 Å². The average molecular weight is 244 g/mol. The molecule has 0 aliphatic heterocycles. The summed E-state index contributed by atoms with van der Waals surface area (Å²) in [7, 11) is 1.87. The minimum atomic E-state index is -0.168. The van der Waals surface area contributed by atoms with Crippen LogP contribution >= 0.6 is 0 Å². The Balaban J connectivity index is 2.42. The number of aromatic nitrogens is 1. The highest BCUT2D eigenvalue weighted by molar-refractivity contribution is 5.34. The lowest BCUT2D eigenvalue weighted by Gasteiger charge is -2.18. The van der Waals surface area contributed by atoms with Crippen LogP contribution in [-0.2, 0) is 0 Å². The zero-order chi connectivity index (χ0) is 13.1. The number of benzene rings is 1. The first-order chi connectivity index (χ1) is 8.61. The second-order valence-corrected chi connectivity index (χ2v) is 4.46. The number of halogens is 1. The van der Waals surface area contributed by atoms with E-state index in [9.17, 15) is 4.39 Å². The molecule has 0 saturated carbocycles. The Labute approximate surface area is 107 Å². The van der Waals surface area contributed by atoms with Crippen LogP contribution in [0.4, 0.5) is 4.39 Å². The third kappa shape index (κ3) is 2.57. The van der Waals surface area contributed by atoms with E-state index in [1.54, 1.807) is 19.2 Å². The summed E-state index contributed by atoms with van der Waals surface area (Å²) in [5, 5.41) is 3.21. The van der Waals surface area contributed by atoms with Gasteiger partial charge < -0.3 is 5.32 Å². The lowest BCUT2D eigenvalue weighted by Crippen LogP contribution is -2.18. The standard InChI is InChI=1S/C15H17FN2/c1-10-4-5-12(9-14(10)16)15(17-3)13-6-7-18-11(2)8-13/h4-9,15,17H,1-3H3. The molecule has 0 radical (unpaired) electrons. The monoisotopic (exact) mass is 244 g/mol. The van der Waals surface area contributed by atoms with Crippen molar-refractivity contribution in [1.29, 1.82) is 0 Å². The van der Waals surface area contributed by atoms with Crippen molar-refractivity contribution in [3.63, 3.8) is 0 Å². The maximum atomic E-state index is 13.6. The molecular weight excluding hydrogens is 227 g/mol. The predicted octanol–water partition coefficient (Wildman–Crippen LogP) is 3.15. The summed E-state index contributed by atoms with van der Waals surface area (Å²) in [6.07, 6.45) is 1.78.